The van der Waals surface area contributed by atoms with Crippen molar-refractivity contribution < 1.29 is 19.1 Å². The third-order valence-electron chi connectivity index (χ3n) is 4.30. The van der Waals surface area contributed by atoms with Crippen molar-refractivity contribution in [2.24, 2.45) is 0 Å². The number of ketones is 1. The lowest BCUT2D eigenvalue weighted by Crippen LogP contribution is -2.08. The lowest BCUT2D eigenvalue weighted by Gasteiger charge is -2.10. The molecule has 0 unspecified atom stereocenters. The van der Waals surface area contributed by atoms with E-state index >= 15 is 0 Å². The number of nitrogens with zero attached hydrogens (tertiary/aromatic N) is 1. The number of Topliss-reactive ketones (excluding diaryl/α,β-unsaturated/α-hetero) is 1. The summed E-state index contributed by atoms with van der Waals surface area (Å²) in [5, 5.41) is 9.33. The molecule has 144 valence electrons. The minimum atomic E-state index is -0.731. The Balaban J connectivity index is 2.15. The summed E-state index contributed by atoms with van der Waals surface area (Å²) in [6.07, 6.45) is 1.50. The number of ether oxygens (including phenoxy) is 2. The Morgan fingerprint density at radius 1 is 1.14 bits per heavy atom. The molecule has 5 nitrogen and oxygen atoms in total. The van der Waals surface area contributed by atoms with Crippen LogP contribution >= 0.6 is 0 Å². The highest BCUT2D eigenvalue weighted by Crippen LogP contribution is 2.22. The quantitative estimate of drug-likeness (QED) is 0.303. The average molecular weight is 377 g/mol. The summed E-state index contributed by atoms with van der Waals surface area (Å²) in [7, 11) is 1.50. The summed E-state index contributed by atoms with van der Waals surface area (Å²) in [5.41, 5.74) is 2.87. The zero-order valence-electron chi connectivity index (χ0n) is 16.5. The highest BCUT2D eigenvalue weighted by molar-refractivity contribution is 5.98. The third-order valence-corrected chi connectivity index (χ3v) is 4.30. The molecule has 0 fully saturated rings. The third kappa shape index (κ3) is 5.31. The van der Waals surface area contributed by atoms with Gasteiger partial charge >= 0.3 is 5.97 Å². The first-order chi connectivity index (χ1) is 13.3. The molecule has 0 aliphatic rings. The molecular weight excluding hydrogens is 354 g/mol. The summed E-state index contributed by atoms with van der Waals surface area (Å²) in [5.74, 6) is 0.0761. The lowest BCUT2D eigenvalue weighted by molar-refractivity contribution is -0.139. The standard InChI is InChI=1S/C23H23NO4/c1-15(2)18-7-5-17(6-8-18)11-20(13-24)23(26)28-14-21-12-19(16(3)25)9-10-22(21)27-4/h5-12,15H,14H2,1-4H3/b20-11+. The summed E-state index contributed by atoms with van der Waals surface area (Å²) >= 11 is 0. The topological polar surface area (TPSA) is 76.4 Å². The molecule has 0 spiro atoms. The molecule has 0 aromatic heterocycles. The van der Waals surface area contributed by atoms with E-state index in [1.54, 1.807) is 18.2 Å². The second-order valence-corrected chi connectivity index (χ2v) is 6.65. The maximum absolute atomic E-state index is 12.3. The Morgan fingerprint density at radius 3 is 2.36 bits per heavy atom. The van der Waals surface area contributed by atoms with Gasteiger partial charge in [-0.05, 0) is 48.2 Å². The van der Waals surface area contributed by atoms with E-state index < -0.39 is 5.97 Å². The predicted molar refractivity (Wildman–Crippen MR) is 107 cm³/mol. The van der Waals surface area contributed by atoms with Crippen molar-refractivity contribution in [3.63, 3.8) is 0 Å². The molecule has 2 rings (SSSR count). The molecule has 0 heterocycles. The van der Waals surface area contributed by atoms with Crippen LogP contribution in [0, 0.1) is 11.3 Å². The van der Waals surface area contributed by atoms with Crippen LogP contribution in [-0.2, 0) is 16.1 Å². The van der Waals surface area contributed by atoms with Crippen LogP contribution in [0.25, 0.3) is 6.08 Å². The van der Waals surface area contributed by atoms with Gasteiger partial charge in [-0.2, -0.15) is 5.26 Å². The van der Waals surface area contributed by atoms with Crippen LogP contribution in [0.4, 0.5) is 0 Å². The van der Waals surface area contributed by atoms with Crippen molar-refractivity contribution in [3.8, 4) is 11.8 Å². The molecule has 28 heavy (non-hydrogen) atoms. The van der Waals surface area contributed by atoms with Crippen molar-refractivity contribution in [3.05, 3.63) is 70.3 Å². The van der Waals surface area contributed by atoms with Gasteiger partial charge in [0.15, 0.2) is 5.78 Å². The molecular formula is C23H23NO4. The smallest absolute Gasteiger partial charge is 0.349 e. The van der Waals surface area contributed by atoms with Gasteiger partial charge in [0.2, 0.25) is 0 Å². The van der Waals surface area contributed by atoms with E-state index in [1.807, 2.05) is 30.3 Å². The summed E-state index contributed by atoms with van der Waals surface area (Å²) in [6.45, 7) is 5.55. The first kappa shape index (κ1) is 20.9. The minimum absolute atomic E-state index is 0.0982. The number of carbonyl (C=O) groups is 2. The van der Waals surface area contributed by atoms with Gasteiger partial charge in [-0.15, -0.1) is 0 Å². The van der Waals surface area contributed by atoms with Gasteiger partial charge in [-0.3, -0.25) is 4.79 Å². The second-order valence-electron chi connectivity index (χ2n) is 6.65. The van der Waals surface area contributed by atoms with E-state index in [2.05, 4.69) is 13.8 Å². The summed E-state index contributed by atoms with van der Waals surface area (Å²) < 4.78 is 10.5. The van der Waals surface area contributed by atoms with Crippen LogP contribution in [0.3, 0.4) is 0 Å². The zero-order valence-corrected chi connectivity index (χ0v) is 16.5. The Hall–Kier alpha value is -3.39. The fourth-order valence-electron chi connectivity index (χ4n) is 2.61. The maximum atomic E-state index is 12.3. The summed E-state index contributed by atoms with van der Waals surface area (Å²) in [6, 6.07) is 14.5. The van der Waals surface area contributed by atoms with Crippen LogP contribution < -0.4 is 4.74 Å². The number of hydrogen-bond acceptors (Lipinski definition) is 5. The molecule has 0 amide bonds. The number of benzene rings is 2. The fourth-order valence-corrected chi connectivity index (χ4v) is 2.61. The van der Waals surface area contributed by atoms with E-state index in [-0.39, 0.29) is 18.0 Å². The first-order valence-electron chi connectivity index (χ1n) is 8.92. The highest BCUT2D eigenvalue weighted by atomic mass is 16.5. The molecule has 0 aliphatic carbocycles. The number of rotatable bonds is 7. The Morgan fingerprint density at radius 2 is 1.82 bits per heavy atom. The van der Waals surface area contributed by atoms with Crippen molar-refractivity contribution in [2.75, 3.05) is 7.11 Å². The monoisotopic (exact) mass is 377 g/mol. The zero-order chi connectivity index (χ0) is 20.7. The van der Waals surface area contributed by atoms with Gasteiger partial charge in [0.25, 0.3) is 0 Å². The molecule has 0 N–H and O–H groups in total. The van der Waals surface area contributed by atoms with Crippen LogP contribution in [0.1, 0.15) is 53.7 Å². The van der Waals surface area contributed by atoms with Crippen LogP contribution in [0.5, 0.6) is 5.75 Å². The van der Waals surface area contributed by atoms with Gasteiger partial charge in [-0.25, -0.2) is 4.79 Å². The normalized spacial score (nSPS) is 11.1. The van der Waals surface area contributed by atoms with E-state index in [0.717, 1.165) is 5.56 Å². The van der Waals surface area contributed by atoms with Gasteiger partial charge in [-0.1, -0.05) is 38.1 Å². The molecule has 0 saturated carbocycles. The van der Waals surface area contributed by atoms with Crippen molar-refractivity contribution in [2.45, 2.75) is 33.3 Å². The highest BCUT2D eigenvalue weighted by Gasteiger charge is 2.14. The Bertz CT molecular complexity index is 934. The molecule has 0 saturated heterocycles. The minimum Gasteiger partial charge on any atom is -0.496 e. The molecule has 0 atom stereocenters. The van der Waals surface area contributed by atoms with Crippen LogP contribution in [0.2, 0.25) is 0 Å². The van der Waals surface area contributed by atoms with Gasteiger partial charge in [0.1, 0.15) is 24.0 Å². The summed E-state index contributed by atoms with van der Waals surface area (Å²) in [4.78, 5) is 23.9. The predicted octanol–water partition coefficient (Wildman–Crippen LogP) is 4.67. The SMILES string of the molecule is COc1ccc(C(C)=O)cc1COC(=O)/C(C#N)=C/c1ccc(C(C)C)cc1. The van der Waals surface area contributed by atoms with Gasteiger partial charge in [0.05, 0.1) is 7.11 Å². The van der Waals surface area contributed by atoms with Crippen LogP contribution in [0.15, 0.2) is 48.0 Å². The van der Waals surface area contributed by atoms with Gasteiger partial charge < -0.3 is 9.47 Å². The van der Waals surface area contributed by atoms with E-state index in [9.17, 15) is 14.9 Å². The molecule has 5 heteroatoms. The number of hydrogen-bond donors (Lipinski definition) is 0. The first-order valence-corrected chi connectivity index (χ1v) is 8.92. The van der Waals surface area contributed by atoms with Crippen LogP contribution in [-0.4, -0.2) is 18.9 Å². The molecule has 0 radical (unpaired) electrons. The number of carbonyl (C=O) groups excluding carboxylic acids is 2. The fraction of sp³-hybridized carbons (Fsp3) is 0.261. The molecule has 2 aromatic rings. The van der Waals surface area contributed by atoms with E-state index in [1.165, 1.54) is 25.7 Å². The number of nitriles is 1. The largest absolute Gasteiger partial charge is 0.496 e. The Labute approximate surface area is 165 Å². The number of esters is 1. The van der Waals surface area contributed by atoms with E-state index in [0.29, 0.717) is 22.8 Å². The van der Waals surface area contributed by atoms with E-state index in [4.69, 9.17) is 9.47 Å². The van der Waals surface area contributed by atoms with Crippen molar-refractivity contribution in [1.29, 1.82) is 5.26 Å². The number of methoxy groups -OCH3 is 1. The van der Waals surface area contributed by atoms with Crippen molar-refractivity contribution in [1.82, 2.24) is 0 Å². The lowest BCUT2D eigenvalue weighted by atomic mass is 10.0. The average Bonchev–Trinajstić information content (AvgIpc) is 2.70. The van der Waals surface area contributed by atoms with Crippen molar-refractivity contribution >= 4 is 17.8 Å². The van der Waals surface area contributed by atoms with Gasteiger partial charge in [0, 0.05) is 11.1 Å². The molecule has 0 aliphatic heterocycles. The second kappa shape index (κ2) is 9.52. The Kier molecular flexibility index (Phi) is 7.11. The maximum Gasteiger partial charge on any atom is 0.349 e. The molecule has 0 bridgehead atoms. The molecule has 2 aromatic carbocycles.